The van der Waals surface area contributed by atoms with Gasteiger partial charge in [0.05, 0.1) is 22.2 Å². The first-order valence-electron chi connectivity index (χ1n) is 7.65. The number of nitrogens with zero attached hydrogens (tertiary/aromatic N) is 5. The van der Waals surface area contributed by atoms with Crippen LogP contribution in [0.5, 0.6) is 0 Å². The van der Waals surface area contributed by atoms with Crippen molar-refractivity contribution in [3.05, 3.63) is 62.2 Å². The van der Waals surface area contributed by atoms with E-state index in [9.17, 15) is 10.1 Å². The average Bonchev–Trinajstić information content (AvgIpc) is 2.99. The number of anilines is 1. The Morgan fingerprint density at radius 3 is 2.68 bits per heavy atom. The Morgan fingerprint density at radius 1 is 1.20 bits per heavy atom. The zero-order chi connectivity index (χ0) is 18.0. The number of hydrogen-bond donors (Lipinski definition) is 0. The van der Waals surface area contributed by atoms with Gasteiger partial charge in [0.25, 0.3) is 5.69 Å². The van der Waals surface area contributed by atoms with Gasteiger partial charge in [0, 0.05) is 41.9 Å². The van der Waals surface area contributed by atoms with Crippen LogP contribution in [0.25, 0.3) is 11.4 Å². The van der Waals surface area contributed by atoms with Crippen LogP contribution in [-0.4, -0.2) is 26.9 Å². The van der Waals surface area contributed by atoms with E-state index in [0.717, 1.165) is 22.2 Å². The third-order valence-corrected chi connectivity index (χ3v) is 4.44. The first-order valence-corrected chi connectivity index (χ1v) is 8.53. The number of thiazole rings is 1. The largest absolute Gasteiger partial charge is 0.354 e. The lowest BCUT2D eigenvalue weighted by molar-refractivity contribution is -0.384. The van der Waals surface area contributed by atoms with Crippen LogP contribution in [0, 0.1) is 24.0 Å². The van der Waals surface area contributed by atoms with Gasteiger partial charge < -0.3 is 4.90 Å². The molecule has 7 nitrogen and oxygen atoms in total. The van der Waals surface area contributed by atoms with E-state index >= 15 is 0 Å². The van der Waals surface area contributed by atoms with E-state index < -0.39 is 4.92 Å². The molecule has 0 radical (unpaired) electrons. The molecule has 0 aliphatic carbocycles. The minimum atomic E-state index is -0.420. The van der Waals surface area contributed by atoms with Gasteiger partial charge in [-0.2, -0.15) is 0 Å². The summed E-state index contributed by atoms with van der Waals surface area (Å²) in [7, 11) is 1.94. The second-order valence-electron chi connectivity index (χ2n) is 5.71. The molecule has 0 saturated carbocycles. The summed E-state index contributed by atoms with van der Waals surface area (Å²) in [6.45, 7) is 4.49. The number of rotatable bonds is 5. The molecule has 0 N–H and O–H groups in total. The molecule has 1 aromatic carbocycles. The molecule has 0 atom stereocenters. The van der Waals surface area contributed by atoms with E-state index in [1.807, 2.05) is 37.2 Å². The standard InChI is InChI=1S/C17H17N5O2S/c1-11-7-16(21(3)9-14-10-25-12(2)19-14)20-17(18-11)13-5-4-6-15(8-13)22(23)24/h4-8,10H,9H2,1-3H3. The predicted octanol–water partition coefficient (Wildman–Crippen LogP) is 3.76. The minimum Gasteiger partial charge on any atom is -0.354 e. The second kappa shape index (κ2) is 6.94. The van der Waals surface area contributed by atoms with Crippen LogP contribution >= 0.6 is 11.3 Å². The molecule has 8 heteroatoms. The van der Waals surface area contributed by atoms with Crippen molar-refractivity contribution >= 4 is 22.8 Å². The SMILES string of the molecule is Cc1cc(N(C)Cc2csc(C)n2)nc(-c2cccc([N+](=O)[O-])c2)n1. The maximum atomic E-state index is 11.0. The summed E-state index contributed by atoms with van der Waals surface area (Å²) in [5.41, 5.74) is 2.43. The van der Waals surface area contributed by atoms with Crippen molar-refractivity contribution in [3.63, 3.8) is 0 Å². The molecular weight excluding hydrogens is 338 g/mol. The third kappa shape index (κ3) is 3.97. The molecule has 0 aliphatic rings. The van der Waals surface area contributed by atoms with Crippen molar-refractivity contribution < 1.29 is 4.92 Å². The first kappa shape index (κ1) is 17.0. The van der Waals surface area contributed by atoms with Crippen molar-refractivity contribution in [2.75, 3.05) is 11.9 Å². The highest BCUT2D eigenvalue weighted by atomic mass is 32.1. The van der Waals surface area contributed by atoms with E-state index in [1.165, 1.54) is 12.1 Å². The Kier molecular flexibility index (Phi) is 4.71. The van der Waals surface area contributed by atoms with E-state index in [4.69, 9.17) is 0 Å². The van der Waals surface area contributed by atoms with Gasteiger partial charge in [-0.1, -0.05) is 12.1 Å². The maximum absolute atomic E-state index is 11.0. The van der Waals surface area contributed by atoms with Crippen molar-refractivity contribution in [2.24, 2.45) is 0 Å². The van der Waals surface area contributed by atoms with Crippen LogP contribution in [0.2, 0.25) is 0 Å². The monoisotopic (exact) mass is 355 g/mol. The van der Waals surface area contributed by atoms with Gasteiger partial charge in [0.1, 0.15) is 5.82 Å². The highest BCUT2D eigenvalue weighted by Gasteiger charge is 2.13. The van der Waals surface area contributed by atoms with Crippen molar-refractivity contribution in [1.29, 1.82) is 0 Å². The number of nitro benzene ring substituents is 1. The molecule has 25 heavy (non-hydrogen) atoms. The second-order valence-corrected chi connectivity index (χ2v) is 6.77. The third-order valence-electron chi connectivity index (χ3n) is 3.61. The number of nitro groups is 1. The molecule has 3 aromatic rings. The van der Waals surface area contributed by atoms with E-state index in [-0.39, 0.29) is 5.69 Å². The lowest BCUT2D eigenvalue weighted by Gasteiger charge is -2.18. The van der Waals surface area contributed by atoms with Gasteiger partial charge in [-0.15, -0.1) is 11.3 Å². The normalized spacial score (nSPS) is 10.7. The lowest BCUT2D eigenvalue weighted by Crippen LogP contribution is -2.18. The van der Waals surface area contributed by atoms with Crippen molar-refractivity contribution in [1.82, 2.24) is 15.0 Å². The molecule has 2 heterocycles. The molecule has 0 aliphatic heterocycles. The van der Waals surface area contributed by atoms with Crippen LogP contribution in [0.3, 0.4) is 0 Å². The van der Waals surface area contributed by atoms with Gasteiger partial charge in [0.2, 0.25) is 0 Å². The Labute approximate surface area is 149 Å². The maximum Gasteiger partial charge on any atom is 0.270 e. The van der Waals surface area contributed by atoms with Gasteiger partial charge in [-0.25, -0.2) is 15.0 Å². The summed E-state index contributed by atoms with van der Waals surface area (Å²) < 4.78 is 0. The molecule has 0 unspecified atom stereocenters. The van der Waals surface area contributed by atoms with E-state index in [0.29, 0.717) is 17.9 Å². The van der Waals surface area contributed by atoms with Crippen LogP contribution in [0.4, 0.5) is 11.5 Å². The minimum absolute atomic E-state index is 0.0236. The topological polar surface area (TPSA) is 85.0 Å². The molecule has 0 fully saturated rings. The van der Waals surface area contributed by atoms with Crippen LogP contribution in [-0.2, 0) is 6.54 Å². The smallest absolute Gasteiger partial charge is 0.270 e. The Hall–Kier alpha value is -2.87. The van der Waals surface area contributed by atoms with E-state index in [2.05, 4.69) is 15.0 Å². The summed E-state index contributed by atoms with van der Waals surface area (Å²) in [6.07, 6.45) is 0. The summed E-state index contributed by atoms with van der Waals surface area (Å²) in [5, 5.41) is 14.0. The molecule has 0 spiro atoms. The van der Waals surface area contributed by atoms with Crippen LogP contribution < -0.4 is 4.90 Å². The molecule has 2 aromatic heterocycles. The molecule has 0 amide bonds. The van der Waals surface area contributed by atoms with Gasteiger partial charge >= 0.3 is 0 Å². The molecule has 128 valence electrons. The van der Waals surface area contributed by atoms with Crippen LogP contribution in [0.15, 0.2) is 35.7 Å². The fourth-order valence-electron chi connectivity index (χ4n) is 2.44. The fraction of sp³-hybridized carbons (Fsp3) is 0.235. The summed E-state index contributed by atoms with van der Waals surface area (Å²) >= 11 is 1.61. The molecular formula is C17H17N5O2S. The lowest BCUT2D eigenvalue weighted by atomic mass is 10.2. The quantitative estimate of drug-likeness (QED) is 0.512. The Bertz CT molecular complexity index is 925. The number of aromatic nitrogens is 3. The molecule has 3 rings (SSSR count). The number of hydrogen-bond acceptors (Lipinski definition) is 7. The zero-order valence-electron chi connectivity index (χ0n) is 14.1. The highest BCUT2D eigenvalue weighted by molar-refractivity contribution is 7.09. The molecule has 0 saturated heterocycles. The Balaban J connectivity index is 1.92. The van der Waals surface area contributed by atoms with Crippen LogP contribution in [0.1, 0.15) is 16.4 Å². The van der Waals surface area contributed by atoms with Crippen molar-refractivity contribution in [3.8, 4) is 11.4 Å². The van der Waals surface area contributed by atoms with E-state index in [1.54, 1.807) is 23.5 Å². The van der Waals surface area contributed by atoms with Crippen molar-refractivity contribution in [2.45, 2.75) is 20.4 Å². The summed E-state index contributed by atoms with van der Waals surface area (Å²) in [4.78, 5) is 26.0. The summed E-state index contributed by atoms with van der Waals surface area (Å²) in [6, 6.07) is 8.25. The summed E-state index contributed by atoms with van der Waals surface area (Å²) in [5.74, 6) is 1.22. The average molecular weight is 355 g/mol. The number of non-ortho nitro benzene ring substituents is 1. The number of aryl methyl sites for hydroxylation is 2. The molecule has 0 bridgehead atoms. The first-order chi connectivity index (χ1) is 11.9. The number of benzene rings is 1. The highest BCUT2D eigenvalue weighted by Crippen LogP contribution is 2.24. The predicted molar refractivity (Wildman–Crippen MR) is 97.8 cm³/mol. The van der Waals surface area contributed by atoms with Gasteiger partial charge in [-0.05, 0) is 13.8 Å². The van der Waals surface area contributed by atoms with Gasteiger partial charge in [0.15, 0.2) is 5.82 Å². The fourth-order valence-corrected chi connectivity index (χ4v) is 3.04. The zero-order valence-corrected chi connectivity index (χ0v) is 14.9. The Morgan fingerprint density at radius 2 is 2.00 bits per heavy atom. The van der Waals surface area contributed by atoms with Gasteiger partial charge in [-0.3, -0.25) is 10.1 Å².